The van der Waals surface area contributed by atoms with E-state index < -0.39 is 12.1 Å². The van der Waals surface area contributed by atoms with Crippen molar-refractivity contribution in [1.29, 1.82) is 0 Å². The van der Waals surface area contributed by atoms with Crippen LogP contribution in [0.1, 0.15) is 328 Å². The Labute approximate surface area is 384 Å². The molecule has 0 aliphatic rings. The van der Waals surface area contributed by atoms with Gasteiger partial charge in [0.2, 0.25) is 5.91 Å². The lowest BCUT2D eigenvalue weighted by Gasteiger charge is -2.20. The van der Waals surface area contributed by atoms with Crippen molar-refractivity contribution in [3.63, 3.8) is 0 Å². The van der Waals surface area contributed by atoms with Gasteiger partial charge < -0.3 is 15.5 Å². The SMILES string of the molecule is CCCCCCCCCCCCCCCC/C=C/[C@@H](O)[C@H](CO)NC(=O)CCCCCCCCCCCCCCCCCCCCCCCCCCCCCCCCCCC. The van der Waals surface area contributed by atoms with E-state index in [2.05, 4.69) is 19.2 Å². The van der Waals surface area contributed by atoms with Gasteiger partial charge in [0.05, 0.1) is 18.8 Å². The highest BCUT2D eigenvalue weighted by Crippen LogP contribution is 2.18. The summed E-state index contributed by atoms with van der Waals surface area (Å²) in [6, 6.07) is -0.617. The summed E-state index contributed by atoms with van der Waals surface area (Å²) in [7, 11) is 0. The predicted molar refractivity (Wildman–Crippen MR) is 272 cm³/mol. The van der Waals surface area contributed by atoms with E-state index in [0.29, 0.717) is 6.42 Å². The standard InChI is InChI=1S/C57H113NO3/c1-3-5-7-9-11-13-15-17-19-21-22-23-24-25-26-27-28-29-30-31-32-33-34-35-36-37-39-41-43-45-47-49-51-53-57(61)58-55(54-59)56(60)52-50-48-46-44-42-40-38-20-18-16-14-12-10-8-6-4-2/h50,52,55-56,59-60H,3-49,51,53-54H2,1-2H3,(H,58,61)/b52-50+/t55-,56+/m0/s1. The van der Waals surface area contributed by atoms with E-state index >= 15 is 0 Å². The van der Waals surface area contributed by atoms with Crippen molar-refractivity contribution >= 4 is 5.91 Å². The van der Waals surface area contributed by atoms with Gasteiger partial charge in [-0.15, -0.1) is 0 Å². The fourth-order valence-electron chi connectivity index (χ4n) is 9.18. The first-order valence-corrected chi connectivity index (χ1v) is 28.4. The first kappa shape index (κ1) is 60.1. The van der Waals surface area contributed by atoms with Gasteiger partial charge in [-0.1, -0.05) is 315 Å². The summed E-state index contributed by atoms with van der Waals surface area (Å²) >= 11 is 0. The molecule has 0 heterocycles. The minimum atomic E-state index is -0.835. The fraction of sp³-hybridized carbons (Fsp3) is 0.947. The Morgan fingerprint density at radius 3 is 0.852 bits per heavy atom. The molecular weight excluding hydrogens is 747 g/mol. The lowest BCUT2D eigenvalue weighted by atomic mass is 10.0. The van der Waals surface area contributed by atoms with Crippen molar-refractivity contribution in [2.24, 2.45) is 0 Å². The molecule has 2 atom stereocenters. The largest absolute Gasteiger partial charge is 0.394 e. The van der Waals surface area contributed by atoms with Crippen LogP contribution in [0.2, 0.25) is 0 Å². The number of carbonyl (C=O) groups is 1. The molecule has 0 spiro atoms. The molecule has 0 fully saturated rings. The molecule has 3 N–H and O–H groups in total. The molecule has 364 valence electrons. The summed E-state index contributed by atoms with van der Waals surface area (Å²) in [6.07, 6.45) is 69.6. The minimum absolute atomic E-state index is 0.0563. The Morgan fingerprint density at radius 2 is 0.607 bits per heavy atom. The van der Waals surface area contributed by atoms with Crippen LogP contribution in [0.15, 0.2) is 12.2 Å². The van der Waals surface area contributed by atoms with Crippen molar-refractivity contribution in [3.8, 4) is 0 Å². The van der Waals surface area contributed by atoms with Crippen LogP contribution in [0.4, 0.5) is 0 Å². The van der Waals surface area contributed by atoms with Crippen molar-refractivity contribution in [1.82, 2.24) is 5.32 Å². The van der Waals surface area contributed by atoms with Crippen LogP contribution in [0.5, 0.6) is 0 Å². The molecule has 0 unspecified atom stereocenters. The average molecular weight is 861 g/mol. The predicted octanol–water partition coefficient (Wildman–Crippen LogP) is 18.5. The first-order valence-electron chi connectivity index (χ1n) is 28.4. The van der Waals surface area contributed by atoms with E-state index in [1.807, 2.05) is 6.08 Å². The summed E-state index contributed by atoms with van der Waals surface area (Å²) in [4.78, 5) is 12.5. The molecule has 0 aromatic rings. The maximum atomic E-state index is 12.5. The molecular formula is C57H113NO3. The smallest absolute Gasteiger partial charge is 0.220 e. The molecule has 0 aromatic carbocycles. The van der Waals surface area contributed by atoms with Crippen LogP contribution < -0.4 is 5.32 Å². The van der Waals surface area contributed by atoms with Gasteiger partial charge in [-0.05, 0) is 19.3 Å². The highest BCUT2D eigenvalue weighted by atomic mass is 16.3. The Balaban J connectivity index is 3.39. The molecule has 0 radical (unpaired) electrons. The third-order valence-electron chi connectivity index (χ3n) is 13.5. The monoisotopic (exact) mass is 860 g/mol. The highest BCUT2D eigenvalue weighted by Gasteiger charge is 2.18. The van der Waals surface area contributed by atoms with Gasteiger partial charge in [-0.25, -0.2) is 0 Å². The number of rotatable bonds is 53. The highest BCUT2D eigenvalue weighted by molar-refractivity contribution is 5.76. The summed E-state index contributed by atoms with van der Waals surface area (Å²) in [6.45, 7) is 4.35. The molecule has 4 nitrogen and oxygen atoms in total. The van der Waals surface area contributed by atoms with Crippen LogP contribution >= 0.6 is 0 Å². The second-order valence-electron chi connectivity index (χ2n) is 19.7. The molecule has 0 saturated carbocycles. The molecule has 0 rings (SSSR count). The van der Waals surface area contributed by atoms with Gasteiger partial charge in [-0.3, -0.25) is 4.79 Å². The molecule has 0 aromatic heterocycles. The lowest BCUT2D eigenvalue weighted by molar-refractivity contribution is -0.123. The van der Waals surface area contributed by atoms with Gasteiger partial charge in [0, 0.05) is 6.42 Å². The molecule has 4 heteroatoms. The van der Waals surface area contributed by atoms with Crippen LogP contribution in [-0.2, 0) is 4.79 Å². The van der Waals surface area contributed by atoms with Crippen LogP contribution in [0.25, 0.3) is 0 Å². The van der Waals surface area contributed by atoms with Gasteiger partial charge in [0.1, 0.15) is 0 Å². The van der Waals surface area contributed by atoms with Gasteiger partial charge in [0.15, 0.2) is 0 Å². The van der Waals surface area contributed by atoms with Crippen molar-refractivity contribution in [2.75, 3.05) is 6.61 Å². The normalized spacial score (nSPS) is 12.8. The summed E-state index contributed by atoms with van der Waals surface area (Å²) in [5, 5.41) is 23.1. The number of carbonyl (C=O) groups excluding carboxylic acids is 1. The Kier molecular flexibility index (Phi) is 52.7. The second kappa shape index (κ2) is 53.5. The van der Waals surface area contributed by atoms with Crippen LogP contribution in [-0.4, -0.2) is 34.9 Å². The number of nitrogens with one attached hydrogen (secondary N) is 1. The number of unbranched alkanes of at least 4 members (excludes halogenated alkanes) is 46. The molecule has 61 heavy (non-hydrogen) atoms. The van der Waals surface area contributed by atoms with Crippen molar-refractivity contribution in [3.05, 3.63) is 12.2 Å². The Hall–Kier alpha value is -0.870. The van der Waals surface area contributed by atoms with E-state index in [-0.39, 0.29) is 12.5 Å². The number of allylic oxidation sites excluding steroid dienone is 1. The summed E-state index contributed by atoms with van der Waals surface area (Å²) in [5.41, 5.74) is 0. The molecule has 0 bridgehead atoms. The fourth-order valence-corrected chi connectivity index (χ4v) is 9.18. The number of amides is 1. The minimum Gasteiger partial charge on any atom is -0.394 e. The van der Waals surface area contributed by atoms with E-state index in [9.17, 15) is 15.0 Å². The summed E-state index contributed by atoms with van der Waals surface area (Å²) in [5.74, 6) is -0.0563. The van der Waals surface area contributed by atoms with Gasteiger partial charge >= 0.3 is 0 Å². The van der Waals surface area contributed by atoms with Gasteiger partial charge in [-0.2, -0.15) is 0 Å². The molecule has 0 saturated heterocycles. The lowest BCUT2D eigenvalue weighted by Crippen LogP contribution is -2.45. The maximum Gasteiger partial charge on any atom is 0.220 e. The maximum absolute atomic E-state index is 12.5. The van der Waals surface area contributed by atoms with Crippen LogP contribution in [0.3, 0.4) is 0 Å². The molecule has 1 amide bonds. The zero-order valence-electron chi connectivity index (χ0n) is 42.0. The zero-order valence-corrected chi connectivity index (χ0v) is 42.0. The van der Waals surface area contributed by atoms with E-state index in [4.69, 9.17) is 0 Å². The number of aliphatic hydroxyl groups excluding tert-OH is 2. The number of hydrogen-bond donors (Lipinski definition) is 3. The van der Waals surface area contributed by atoms with Crippen LogP contribution in [0, 0.1) is 0 Å². The number of hydrogen-bond acceptors (Lipinski definition) is 3. The van der Waals surface area contributed by atoms with E-state index in [0.717, 1.165) is 25.7 Å². The number of aliphatic hydroxyl groups is 2. The third kappa shape index (κ3) is 50.0. The topological polar surface area (TPSA) is 69.6 Å². The average Bonchev–Trinajstić information content (AvgIpc) is 3.26. The van der Waals surface area contributed by atoms with E-state index in [1.165, 1.54) is 283 Å². The van der Waals surface area contributed by atoms with Gasteiger partial charge in [0.25, 0.3) is 0 Å². The third-order valence-corrected chi connectivity index (χ3v) is 13.5. The summed E-state index contributed by atoms with van der Waals surface area (Å²) < 4.78 is 0. The van der Waals surface area contributed by atoms with Crippen molar-refractivity contribution in [2.45, 2.75) is 341 Å². The van der Waals surface area contributed by atoms with E-state index in [1.54, 1.807) is 6.08 Å². The molecule has 0 aliphatic heterocycles. The molecule has 0 aliphatic carbocycles. The Bertz CT molecular complexity index is 844. The Morgan fingerprint density at radius 1 is 0.377 bits per heavy atom. The first-order chi connectivity index (χ1) is 30.2. The van der Waals surface area contributed by atoms with Crippen molar-refractivity contribution < 1.29 is 15.0 Å². The quantitative estimate of drug-likeness (QED) is 0.0421. The second-order valence-corrected chi connectivity index (χ2v) is 19.7. The zero-order chi connectivity index (χ0) is 44.2.